The molecular weight excluding hydrogens is 324 g/mol. The molecular formula is C19H21ClN2O2. The van der Waals surface area contributed by atoms with E-state index in [1.54, 1.807) is 18.2 Å². The van der Waals surface area contributed by atoms with Crippen molar-refractivity contribution < 1.29 is 9.90 Å². The number of nitrogens with zero attached hydrogens (tertiary/aromatic N) is 1. The smallest absolute Gasteiger partial charge is 0.317 e. The SMILES string of the molecule is O=C(NCc1cccc(O)c1)N1CCC(c2ccc(Cl)cc2)CC1. The first-order valence-corrected chi connectivity index (χ1v) is 8.56. The van der Waals surface area contributed by atoms with Gasteiger partial charge >= 0.3 is 6.03 Å². The van der Waals surface area contributed by atoms with Crippen molar-refractivity contribution >= 4 is 17.6 Å². The van der Waals surface area contributed by atoms with Crippen molar-refractivity contribution in [3.05, 3.63) is 64.7 Å². The molecule has 0 bridgehead atoms. The van der Waals surface area contributed by atoms with E-state index >= 15 is 0 Å². The molecule has 1 fully saturated rings. The molecule has 2 amide bonds. The number of hydrogen-bond acceptors (Lipinski definition) is 2. The third kappa shape index (κ3) is 4.20. The van der Waals surface area contributed by atoms with Crippen LogP contribution in [-0.4, -0.2) is 29.1 Å². The zero-order chi connectivity index (χ0) is 16.9. The van der Waals surface area contributed by atoms with E-state index in [4.69, 9.17) is 11.6 Å². The van der Waals surface area contributed by atoms with Crippen molar-refractivity contribution in [1.82, 2.24) is 10.2 Å². The molecule has 24 heavy (non-hydrogen) atoms. The first-order valence-electron chi connectivity index (χ1n) is 8.18. The molecule has 0 aromatic heterocycles. The number of urea groups is 1. The van der Waals surface area contributed by atoms with Crippen LogP contribution in [0, 0.1) is 0 Å². The lowest BCUT2D eigenvalue weighted by Crippen LogP contribution is -2.43. The summed E-state index contributed by atoms with van der Waals surface area (Å²) in [4.78, 5) is 14.1. The number of carbonyl (C=O) groups is 1. The predicted molar refractivity (Wildman–Crippen MR) is 95.3 cm³/mol. The topological polar surface area (TPSA) is 52.6 Å². The Morgan fingerprint density at radius 2 is 1.88 bits per heavy atom. The number of likely N-dealkylation sites (tertiary alicyclic amines) is 1. The van der Waals surface area contributed by atoms with E-state index < -0.39 is 0 Å². The van der Waals surface area contributed by atoms with Gasteiger partial charge in [-0.3, -0.25) is 0 Å². The largest absolute Gasteiger partial charge is 0.508 e. The normalized spacial score (nSPS) is 15.3. The predicted octanol–water partition coefficient (Wildman–Crippen LogP) is 4.13. The van der Waals surface area contributed by atoms with Gasteiger partial charge in [0, 0.05) is 24.7 Å². The van der Waals surface area contributed by atoms with Gasteiger partial charge in [0.1, 0.15) is 5.75 Å². The number of phenols is 1. The third-order valence-corrected chi connectivity index (χ3v) is 4.73. The van der Waals surface area contributed by atoms with Crippen molar-refractivity contribution in [3.8, 4) is 5.75 Å². The molecule has 1 aliphatic heterocycles. The van der Waals surface area contributed by atoms with Crippen molar-refractivity contribution in [3.63, 3.8) is 0 Å². The lowest BCUT2D eigenvalue weighted by molar-refractivity contribution is 0.181. The fourth-order valence-electron chi connectivity index (χ4n) is 3.11. The average Bonchev–Trinajstić information content (AvgIpc) is 2.61. The van der Waals surface area contributed by atoms with E-state index in [-0.39, 0.29) is 11.8 Å². The van der Waals surface area contributed by atoms with Crippen LogP contribution in [0.15, 0.2) is 48.5 Å². The Bertz CT molecular complexity index is 695. The van der Waals surface area contributed by atoms with Crippen molar-refractivity contribution in [2.75, 3.05) is 13.1 Å². The number of benzene rings is 2. The standard InChI is InChI=1S/C19H21ClN2O2/c20-17-6-4-15(5-7-17)16-8-10-22(11-9-16)19(24)21-13-14-2-1-3-18(23)12-14/h1-7,12,16,23H,8-11,13H2,(H,21,24). The van der Waals surface area contributed by atoms with Crippen LogP contribution in [0.1, 0.15) is 29.9 Å². The minimum absolute atomic E-state index is 0.0482. The van der Waals surface area contributed by atoms with Gasteiger partial charge in [-0.25, -0.2) is 4.79 Å². The second-order valence-electron chi connectivity index (χ2n) is 6.14. The summed E-state index contributed by atoms with van der Waals surface area (Å²) >= 11 is 5.93. The minimum atomic E-state index is -0.0482. The summed E-state index contributed by atoms with van der Waals surface area (Å²) < 4.78 is 0. The maximum atomic E-state index is 12.3. The van der Waals surface area contributed by atoms with Crippen LogP contribution in [-0.2, 0) is 6.54 Å². The second-order valence-corrected chi connectivity index (χ2v) is 6.58. The van der Waals surface area contributed by atoms with Gasteiger partial charge in [0.15, 0.2) is 0 Å². The Labute approximate surface area is 147 Å². The van der Waals surface area contributed by atoms with Crippen LogP contribution in [0.25, 0.3) is 0 Å². The molecule has 0 unspecified atom stereocenters. The van der Waals surface area contributed by atoms with Crippen LogP contribution in [0.4, 0.5) is 4.79 Å². The van der Waals surface area contributed by atoms with E-state index in [1.165, 1.54) is 5.56 Å². The van der Waals surface area contributed by atoms with Gasteiger partial charge in [0.2, 0.25) is 0 Å². The highest BCUT2D eigenvalue weighted by Gasteiger charge is 2.23. The van der Waals surface area contributed by atoms with E-state index in [1.807, 2.05) is 23.1 Å². The number of nitrogens with one attached hydrogen (secondary N) is 1. The van der Waals surface area contributed by atoms with Gasteiger partial charge in [0.25, 0.3) is 0 Å². The molecule has 4 nitrogen and oxygen atoms in total. The van der Waals surface area contributed by atoms with E-state index in [0.717, 1.165) is 36.5 Å². The number of carbonyl (C=O) groups excluding carboxylic acids is 1. The summed E-state index contributed by atoms with van der Waals surface area (Å²) in [7, 11) is 0. The second kappa shape index (κ2) is 7.58. The number of aromatic hydroxyl groups is 1. The summed E-state index contributed by atoms with van der Waals surface area (Å²) in [6.07, 6.45) is 1.92. The van der Waals surface area contributed by atoms with Crippen LogP contribution >= 0.6 is 11.6 Å². The third-order valence-electron chi connectivity index (χ3n) is 4.48. The number of piperidine rings is 1. The van der Waals surface area contributed by atoms with Gasteiger partial charge in [-0.1, -0.05) is 35.9 Å². The maximum Gasteiger partial charge on any atom is 0.317 e. The Balaban J connectivity index is 1.49. The van der Waals surface area contributed by atoms with Gasteiger partial charge in [-0.05, 0) is 54.2 Å². The summed E-state index contributed by atoms with van der Waals surface area (Å²) in [5, 5.41) is 13.1. The molecule has 126 valence electrons. The average molecular weight is 345 g/mol. The molecule has 1 saturated heterocycles. The maximum absolute atomic E-state index is 12.3. The minimum Gasteiger partial charge on any atom is -0.508 e. The molecule has 0 atom stereocenters. The molecule has 0 saturated carbocycles. The molecule has 5 heteroatoms. The van der Waals surface area contributed by atoms with E-state index in [2.05, 4.69) is 17.4 Å². The Hall–Kier alpha value is -2.20. The number of halogens is 1. The van der Waals surface area contributed by atoms with Crippen LogP contribution in [0.2, 0.25) is 5.02 Å². The molecule has 1 heterocycles. The number of phenolic OH excluding ortho intramolecular Hbond substituents is 1. The number of rotatable bonds is 3. The first-order chi connectivity index (χ1) is 11.6. The van der Waals surface area contributed by atoms with Crippen molar-refractivity contribution in [2.24, 2.45) is 0 Å². The zero-order valence-electron chi connectivity index (χ0n) is 13.4. The monoisotopic (exact) mass is 344 g/mol. The highest BCUT2D eigenvalue weighted by Crippen LogP contribution is 2.28. The molecule has 3 rings (SSSR count). The van der Waals surface area contributed by atoms with Gasteiger partial charge in [-0.15, -0.1) is 0 Å². The summed E-state index contributed by atoms with van der Waals surface area (Å²) in [6.45, 7) is 1.92. The highest BCUT2D eigenvalue weighted by atomic mass is 35.5. The summed E-state index contributed by atoms with van der Waals surface area (Å²) in [5.41, 5.74) is 2.18. The molecule has 2 N–H and O–H groups in total. The van der Waals surface area contributed by atoms with Gasteiger partial charge < -0.3 is 15.3 Å². The molecule has 2 aromatic carbocycles. The van der Waals surface area contributed by atoms with Crippen LogP contribution in [0.3, 0.4) is 0 Å². The summed E-state index contributed by atoms with van der Waals surface area (Å²) in [6, 6.07) is 14.9. The Morgan fingerprint density at radius 3 is 2.54 bits per heavy atom. The Morgan fingerprint density at radius 1 is 1.17 bits per heavy atom. The quantitative estimate of drug-likeness (QED) is 0.879. The first kappa shape index (κ1) is 16.7. The van der Waals surface area contributed by atoms with Gasteiger partial charge in [0.05, 0.1) is 0 Å². The molecule has 0 aliphatic carbocycles. The van der Waals surface area contributed by atoms with Gasteiger partial charge in [-0.2, -0.15) is 0 Å². The van der Waals surface area contributed by atoms with E-state index in [0.29, 0.717) is 12.5 Å². The highest BCUT2D eigenvalue weighted by molar-refractivity contribution is 6.30. The fraction of sp³-hybridized carbons (Fsp3) is 0.316. The van der Waals surface area contributed by atoms with Crippen molar-refractivity contribution in [1.29, 1.82) is 0 Å². The molecule has 0 radical (unpaired) electrons. The van der Waals surface area contributed by atoms with E-state index in [9.17, 15) is 9.90 Å². The molecule has 0 spiro atoms. The lowest BCUT2D eigenvalue weighted by Gasteiger charge is -2.32. The zero-order valence-corrected chi connectivity index (χ0v) is 14.2. The van der Waals surface area contributed by atoms with Crippen LogP contribution < -0.4 is 5.32 Å². The fourth-order valence-corrected chi connectivity index (χ4v) is 3.23. The van der Waals surface area contributed by atoms with Crippen molar-refractivity contribution in [2.45, 2.75) is 25.3 Å². The summed E-state index contributed by atoms with van der Waals surface area (Å²) in [5.74, 6) is 0.697. The number of amides is 2. The van der Waals surface area contributed by atoms with Crippen LogP contribution in [0.5, 0.6) is 5.75 Å². The number of hydrogen-bond donors (Lipinski definition) is 2. The molecule has 1 aliphatic rings. The lowest BCUT2D eigenvalue weighted by atomic mass is 9.89. The Kier molecular flexibility index (Phi) is 5.26. The molecule has 2 aromatic rings.